The maximum atomic E-state index is 14.2. The highest BCUT2D eigenvalue weighted by molar-refractivity contribution is 6.30. The van der Waals surface area contributed by atoms with E-state index in [1.54, 1.807) is 23.0 Å². The third-order valence-electron chi connectivity index (χ3n) is 6.26. The topological polar surface area (TPSA) is 108 Å². The van der Waals surface area contributed by atoms with Crippen molar-refractivity contribution in [2.45, 2.75) is 39.9 Å². The van der Waals surface area contributed by atoms with Crippen LogP contribution in [0.25, 0.3) is 10.9 Å². The van der Waals surface area contributed by atoms with Gasteiger partial charge in [-0.05, 0) is 57.2 Å². The number of Topliss-reactive ketones (excluding diaryl/α,β-unsaturated/α-hetero) is 1. The van der Waals surface area contributed by atoms with Crippen molar-refractivity contribution in [3.05, 3.63) is 88.7 Å². The smallest absolute Gasteiger partial charge is 0.243 e. The summed E-state index contributed by atoms with van der Waals surface area (Å²) in [4.78, 5) is 39.9. The molecular formula is C28H30ClFN6O3. The molecule has 1 aliphatic rings. The second-order valence-electron chi connectivity index (χ2n) is 9.40. The second kappa shape index (κ2) is 12.0. The molecule has 2 heterocycles. The van der Waals surface area contributed by atoms with Gasteiger partial charge in [0, 0.05) is 52.7 Å². The highest BCUT2D eigenvalue weighted by Crippen LogP contribution is 2.26. The number of hydrogen-bond donors (Lipinski definition) is 4. The third kappa shape index (κ3) is 6.58. The van der Waals surface area contributed by atoms with Crippen molar-refractivity contribution < 1.29 is 18.8 Å². The number of ketones is 1. The number of carbonyl (C=O) groups excluding carboxylic acids is 3. The van der Waals surface area contributed by atoms with E-state index in [1.807, 2.05) is 44.2 Å². The Hall–Kier alpha value is -4.31. The fourth-order valence-corrected chi connectivity index (χ4v) is 4.45. The first-order valence-corrected chi connectivity index (χ1v) is 12.8. The zero-order valence-corrected chi connectivity index (χ0v) is 22.6. The lowest BCUT2D eigenvalue weighted by molar-refractivity contribution is -0.138. The first-order valence-electron chi connectivity index (χ1n) is 12.4. The number of fused-ring (bicyclic) bond motifs is 1. The number of benzene rings is 2. The van der Waals surface area contributed by atoms with Gasteiger partial charge in [0.2, 0.25) is 11.8 Å². The average Bonchev–Trinajstić information content (AvgIpc) is 3.26. The standard InChI is InChI=1S/C28H30ClFN6O3/c1-17(2)36(15-26(38)31-13-19-6-4-7-23(29)28(19)30)27(39)16-35-14-22(18(3)37)21-12-20(9-10-24(21)35)33-25-8-5-11-32-34-25/h4-12,14,17,32-34H,13,15-16H2,1-3H3,(H,31,38). The normalized spacial score (nSPS) is 12.5. The van der Waals surface area contributed by atoms with E-state index in [-0.39, 0.29) is 48.0 Å². The van der Waals surface area contributed by atoms with Crippen LogP contribution in [-0.4, -0.2) is 39.7 Å². The zero-order chi connectivity index (χ0) is 28.1. The van der Waals surface area contributed by atoms with Gasteiger partial charge < -0.3 is 25.5 Å². The number of aromatic nitrogens is 1. The Labute approximate surface area is 230 Å². The molecule has 11 heteroatoms. The molecule has 0 saturated heterocycles. The van der Waals surface area contributed by atoms with Gasteiger partial charge in [0.1, 0.15) is 18.2 Å². The van der Waals surface area contributed by atoms with E-state index in [2.05, 4.69) is 21.5 Å². The van der Waals surface area contributed by atoms with Gasteiger partial charge in [0.15, 0.2) is 5.78 Å². The molecule has 2 amide bonds. The van der Waals surface area contributed by atoms with Crippen LogP contribution >= 0.6 is 11.6 Å². The van der Waals surface area contributed by atoms with E-state index in [0.29, 0.717) is 16.5 Å². The molecule has 0 bridgehead atoms. The lowest BCUT2D eigenvalue weighted by atomic mass is 10.1. The lowest BCUT2D eigenvalue weighted by Crippen LogP contribution is -2.45. The quantitative estimate of drug-likeness (QED) is 0.283. The van der Waals surface area contributed by atoms with Crippen LogP contribution in [0.2, 0.25) is 5.02 Å². The van der Waals surface area contributed by atoms with Crippen molar-refractivity contribution in [1.29, 1.82) is 0 Å². The van der Waals surface area contributed by atoms with Crippen LogP contribution in [0, 0.1) is 5.82 Å². The van der Waals surface area contributed by atoms with Gasteiger partial charge in [-0.2, -0.15) is 0 Å². The molecule has 1 aromatic heterocycles. The Kier molecular flexibility index (Phi) is 8.55. The summed E-state index contributed by atoms with van der Waals surface area (Å²) in [6, 6.07) is 9.86. The molecule has 0 fully saturated rings. The van der Waals surface area contributed by atoms with Crippen LogP contribution in [0.5, 0.6) is 0 Å². The molecule has 3 aromatic rings. The minimum atomic E-state index is -0.587. The molecular weight excluding hydrogens is 523 g/mol. The summed E-state index contributed by atoms with van der Waals surface area (Å²) in [5.41, 5.74) is 8.09. The van der Waals surface area contributed by atoms with Crippen molar-refractivity contribution in [1.82, 2.24) is 25.6 Å². The predicted molar refractivity (Wildman–Crippen MR) is 149 cm³/mol. The van der Waals surface area contributed by atoms with Gasteiger partial charge in [-0.3, -0.25) is 19.8 Å². The average molecular weight is 553 g/mol. The molecule has 1 aliphatic heterocycles. The molecule has 0 unspecified atom stereocenters. The summed E-state index contributed by atoms with van der Waals surface area (Å²) in [5, 5.41) is 6.57. The molecule has 4 rings (SSSR count). The van der Waals surface area contributed by atoms with E-state index in [9.17, 15) is 18.8 Å². The Morgan fingerprint density at radius 1 is 1.18 bits per heavy atom. The van der Waals surface area contributed by atoms with Crippen LogP contribution in [0.4, 0.5) is 10.1 Å². The first-order chi connectivity index (χ1) is 18.6. The third-order valence-corrected chi connectivity index (χ3v) is 6.55. The monoisotopic (exact) mass is 552 g/mol. The predicted octanol–water partition coefficient (Wildman–Crippen LogP) is 4.06. The maximum absolute atomic E-state index is 14.2. The number of nitrogens with zero attached hydrogens (tertiary/aromatic N) is 2. The zero-order valence-electron chi connectivity index (χ0n) is 21.8. The van der Waals surface area contributed by atoms with Crippen LogP contribution in [0.3, 0.4) is 0 Å². The molecule has 4 N–H and O–H groups in total. The number of allylic oxidation sites excluding steroid dienone is 2. The summed E-state index contributed by atoms with van der Waals surface area (Å²) < 4.78 is 15.9. The number of carbonyl (C=O) groups is 3. The molecule has 0 radical (unpaired) electrons. The SMILES string of the molecule is CC(=O)c1cn(CC(=O)N(CC(=O)NCc2cccc(Cl)c2F)C(C)C)c2ccc(NC3=CC=CNN3)cc12. The van der Waals surface area contributed by atoms with Gasteiger partial charge in [-0.25, -0.2) is 4.39 Å². The number of hydrazine groups is 1. The van der Waals surface area contributed by atoms with Gasteiger partial charge in [0.05, 0.1) is 11.6 Å². The van der Waals surface area contributed by atoms with Gasteiger partial charge in [-0.15, -0.1) is 0 Å². The summed E-state index contributed by atoms with van der Waals surface area (Å²) in [7, 11) is 0. The molecule has 2 aromatic carbocycles. The summed E-state index contributed by atoms with van der Waals surface area (Å²) >= 11 is 5.81. The van der Waals surface area contributed by atoms with E-state index >= 15 is 0 Å². The molecule has 0 spiro atoms. The van der Waals surface area contributed by atoms with Crippen molar-refractivity contribution in [3.8, 4) is 0 Å². The molecule has 0 atom stereocenters. The van der Waals surface area contributed by atoms with E-state index in [1.165, 1.54) is 24.0 Å². The van der Waals surface area contributed by atoms with Gasteiger partial charge in [0.25, 0.3) is 0 Å². The van der Waals surface area contributed by atoms with Crippen LogP contribution in [0.1, 0.15) is 36.7 Å². The number of rotatable bonds is 10. The van der Waals surface area contributed by atoms with Crippen LogP contribution in [-0.2, 0) is 22.7 Å². The van der Waals surface area contributed by atoms with Crippen LogP contribution < -0.4 is 21.5 Å². The van der Waals surface area contributed by atoms with E-state index in [4.69, 9.17) is 11.6 Å². The fraction of sp³-hybridized carbons (Fsp3) is 0.250. The Bertz CT molecular complexity index is 1480. The minimum absolute atomic E-state index is 0.0237. The van der Waals surface area contributed by atoms with Crippen molar-refractivity contribution in [2.24, 2.45) is 0 Å². The Morgan fingerprint density at radius 3 is 2.67 bits per heavy atom. The van der Waals surface area contributed by atoms with Crippen molar-refractivity contribution in [2.75, 3.05) is 11.9 Å². The fourth-order valence-electron chi connectivity index (χ4n) is 4.25. The second-order valence-corrected chi connectivity index (χ2v) is 9.80. The number of amides is 2. The molecule has 0 aliphatic carbocycles. The first kappa shape index (κ1) is 27.7. The lowest BCUT2D eigenvalue weighted by Gasteiger charge is -2.26. The highest BCUT2D eigenvalue weighted by atomic mass is 35.5. The number of anilines is 1. The maximum Gasteiger partial charge on any atom is 0.243 e. The minimum Gasteiger partial charge on any atom is -0.350 e. The van der Waals surface area contributed by atoms with Gasteiger partial charge in [-0.1, -0.05) is 23.7 Å². The van der Waals surface area contributed by atoms with Gasteiger partial charge >= 0.3 is 0 Å². The summed E-state index contributed by atoms with van der Waals surface area (Å²) in [6.07, 6.45) is 7.12. The molecule has 204 valence electrons. The summed E-state index contributed by atoms with van der Waals surface area (Å²) in [5.74, 6) is -0.701. The molecule has 39 heavy (non-hydrogen) atoms. The number of nitrogens with one attached hydrogen (secondary N) is 4. The summed E-state index contributed by atoms with van der Waals surface area (Å²) in [6.45, 7) is 4.79. The van der Waals surface area contributed by atoms with Crippen molar-refractivity contribution in [3.63, 3.8) is 0 Å². The number of halogens is 2. The Morgan fingerprint density at radius 2 is 1.97 bits per heavy atom. The van der Waals surface area contributed by atoms with E-state index < -0.39 is 11.7 Å². The van der Waals surface area contributed by atoms with Crippen LogP contribution in [0.15, 0.2) is 66.8 Å². The Balaban J connectivity index is 1.49. The largest absolute Gasteiger partial charge is 0.350 e. The highest BCUT2D eigenvalue weighted by Gasteiger charge is 2.22. The van der Waals surface area contributed by atoms with E-state index in [0.717, 1.165) is 11.5 Å². The van der Waals surface area contributed by atoms with Crippen molar-refractivity contribution >= 4 is 45.8 Å². The molecule has 9 nitrogen and oxygen atoms in total. The number of hydrogen-bond acceptors (Lipinski definition) is 6. The molecule has 0 saturated carbocycles.